The van der Waals surface area contributed by atoms with Crippen LogP contribution in [0.3, 0.4) is 0 Å². The number of aromatic nitrogens is 6. The lowest BCUT2D eigenvalue weighted by Gasteiger charge is -2.38. The Hall–Kier alpha value is -2.02. The van der Waals surface area contributed by atoms with Crippen molar-refractivity contribution < 1.29 is 4.52 Å². The van der Waals surface area contributed by atoms with E-state index in [0.717, 1.165) is 5.65 Å². The molecule has 8 heteroatoms. The minimum atomic E-state index is 0.314. The maximum Gasteiger partial charge on any atom is 0.297 e. The Morgan fingerprint density at radius 1 is 1.09 bits per heavy atom. The van der Waals surface area contributed by atoms with Crippen LogP contribution in [0, 0.1) is 6.92 Å². The molecule has 0 amide bonds. The zero-order chi connectivity index (χ0) is 14.8. The highest BCUT2D eigenvalue weighted by molar-refractivity contribution is 6.30. The van der Waals surface area contributed by atoms with E-state index in [4.69, 9.17) is 16.1 Å². The third-order valence-electron chi connectivity index (χ3n) is 4.84. The fraction of sp³-hybridized carbons (Fsp3) is 0.500. The van der Waals surface area contributed by atoms with Gasteiger partial charge in [-0.3, -0.25) is 0 Å². The van der Waals surface area contributed by atoms with E-state index in [-0.39, 0.29) is 0 Å². The van der Waals surface area contributed by atoms with Crippen molar-refractivity contribution in [3.63, 3.8) is 0 Å². The monoisotopic (exact) mass is 316 g/mol. The lowest BCUT2D eigenvalue weighted by Crippen LogP contribution is -2.24. The number of hydrogen-bond donors (Lipinski definition) is 0. The van der Waals surface area contributed by atoms with E-state index in [2.05, 4.69) is 25.4 Å². The summed E-state index contributed by atoms with van der Waals surface area (Å²) in [4.78, 5) is 4.21. The standard InChI is InChI=1S/C14H13ClN6O/c1-6-16-14(22-20-6)13-18-17-12-10-8-4-2-7(3-5-8)9(10)11(15)19-21(12)13/h7-8H,2-5H2,1H3. The molecular weight excluding hydrogens is 304 g/mol. The molecule has 0 saturated heterocycles. The summed E-state index contributed by atoms with van der Waals surface area (Å²) in [5.41, 5.74) is 3.18. The predicted molar refractivity (Wildman–Crippen MR) is 77.8 cm³/mol. The predicted octanol–water partition coefficient (Wildman–Crippen LogP) is 2.89. The van der Waals surface area contributed by atoms with E-state index in [1.54, 1.807) is 11.4 Å². The van der Waals surface area contributed by atoms with Crippen molar-refractivity contribution in [1.82, 2.24) is 30.0 Å². The highest BCUT2D eigenvalue weighted by atomic mass is 35.5. The van der Waals surface area contributed by atoms with Gasteiger partial charge in [-0.1, -0.05) is 16.8 Å². The van der Waals surface area contributed by atoms with Crippen LogP contribution >= 0.6 is 11.6 Å². The van der Waals surface area contributed by atoms with Crippen LogP contribution in [0.2, 0.25) is 5.15 Å². The third kappa shape index (κ3) is 1.54. The van der Waals surface area contributed by atoms with Gasteiger partial charge in [-0.2, -0.15) is 14.6 Å². The number of nitrogens with zero attached hydrogens (tertiary/aromatic N) is 6. The van der Waals surface area contributed by atoms with Crippen LogP contribution in [0.4, 0.5) is 0 Å². The summed E-state index contributed by atoms with van der Waals surface area (Å²) in [6, 6.07) is 0. The number of halogens is 1. The van der Waals surface area contributed by atoms with Crippen molar-refractivity contribution in [3.8, 4) is 11.7 Å². The first kappa shape index (κ1) is 12.5. The van der Waals surface area contributed by atoms with Crippen LogP contribution in [0.15, 0.2) is 4.52 Å². The fourth-order valence-corrected chi connectivity index (χ4v) is 4.23. The molecule has 1 saturated carbocycles. The van der Waals surface area contributed by atoms with Gasteiger partial charge < -0.3 is 4.52 Å². The molecule has 0 radical (unpaired) electrons. The van der Waals surface area contributed by atoms with Crippen molar-refractivity contribution in [2.24, 2.45) is 0 Å². The lowest BCUT2D eigenvalue weighted by molar-refractivity contribution is 0.358. The summed E-state index contributed by atoms with van der Waals surface area (Å²) < 4.78 is 6.84. The second kappa shape index (κ2) is 4.25. The Balaban J connectivity index is 1.81. The normalized spacial score (nSPS) is 23.2. The molecule has 22 heavy (non-hydrogen) atoms. The van der Waals surface area contributed by atoms with Gasteiger partial charge in [-0.25, -0.2) is 0 Å². The highest BCUT2D eigenvalue weighted by Crippen LogP contribution is 2.52. The van der Waals surface area contributed by atoms with Crippen molar-refractivity contribution in [2.45, 2.75) is 44.4 Å². The highest BCUT2D eigenvalue weighted by Gasteiger charge is 2.38. The molecule has 3 aromatic rings. The molecule has 0 spiro atoms. The summed E-state index contributed by atoms with van der Waals surface area (Å²) in [6.07, 6.45) is 4.77. The Morgan fingerprint density at radius 3 is 2.50 bits per heavy atom. The molecule has 0 aromatic carbocycles. The quantitative estimate of drug-likeness (QED) is 0.686. The van der Waals surface area contributed by atoms with Crippen LogP contribution < -0.4 is 0 Å². The summed E-state index contributed by atoms with van der Waals surface area (Å²) in [5.74, 6) is 2.33. The molecule has 3 heterocycles. The number of hydrogen-bond acceptors (Lipinski definition) is 6. The van der Waals surface area contributed by atoms with E-state index in [9.17, 15) is 0 Å². The van der Waals surface area contributed by atoms with Gasteiger partial charge in [0.2, 0.25) is 5.82 Å². The van der Waals surface area contributed by atoms with Gasteiger partial charge in [0.15, 0.2) is 16.6 Å². The van der Waals surface area contributed by atoms with E-state index in [1.807, 2.05) is 0 Å². The first-order valence-corrected chi connectivity index (χ1v) is 7.85. The molecular formula is C14H13ClN6O. The van der Waals surface area contributed by atoms with Gasteiger partial charge in [0, 0.05) is 11.1 Å². The maximum absolute atomic E-state index is 6.48. The van der Waals surface area contributed by atoms with E-state index >= 15 is 0 Å². The Morgan fingerprint density at radius 2 is 1.82 bits per heavy atom. The first-order valence-electron chi connectivity index (χ1n) is 7.47. The Labute approximate surface area is 130 Å². The maximum atomic E-state index is 6.48. The van der Waals surface area contributed by atoms with Gasteiger partial charge in [0.25, 0.3) is 5.89 Å². The van der Waals surface area contributed by atoms with Gasteiger partial charge in [0.05, 0.1) is 0 Å². The summed E-state index contributed by atoms with van der Waals surface area (Å²) in [7, 11) is 0. The van der Waals surface area contributed by atoms with E-state index < -0.39 is 0 Å². The minimum absolute atomic E-state index is 0.314. The second-order valence-corrected chi connectivity index (χ2v) is 6.43. The molecule has 6 rings (SSSR count). The van der Waals surface area contributed by atoms with Crippen molar-refractivity contribution in [2.75, 3.05) is 0 Å². The molecule has 0 aliphatic heterocycles. The molecule has 3 aliphatic carbocycles. The van der Waals surface area contributed by atoms with Gasteiger partial charge >= 0.3 is 0 Å². The second-order valence-electron chi connectivity index (χ2n) is 6.07. The summed E-state index contributed by atoms with van der Waals surface area (Å²) in [5, 5.41) is 17.4. The Kier molecular flexibility index (Phi) is 2.42. The molecule has 2 bridgehead atoms. The average Bonchev–Trinajstić information content (AvgIpc) is 3.14. The molecule has 1 fully saturated rings. The molecule has 0 atom stereocenters. The fourth-order valence-electron chi connectivity index (χ4n) is 3.90. The molecule has 3 aliphatic rings. The molecule has 0 unspecified atom stereocenters. The molecule has 3 aromatic heterocycles. The summed E-state index contributed by atoms with van der Waals surface area (Å²) in [6.45, 7) is 1.76. The number of aryl methyl sites for hydroxylation is 1. The first-order chi connectivity index (χ1) is 10.7. The minimum Gasteiger partial charge on any atom is -0.330 e. The van der Waals surface area contributed by atoms with Crippen LogP contribution in [0.1, 0.15) is 54.5 Å². The third-order valence-corrected chi connectivity index (χ3v) is 5.12. The van der Waals surface area contributed by atoms with Crippen LogP contribution in [0.25, 0.3) is 17.4 Å². The lowest BCUT2D eigenvalue weighted by atomic mass is 9.68. The molecule has 112 valence electrons. The van der Waals surface area contributed by atoms with E-state index in [0.29, 0.717) is 34.5 Å². The van der Waals surface area contributed by atoms with Gasteiger partial charge in [0.1, 0.15) is 0 Å². The smallest absolute Gasteiger partial charge is 0.297 e. The summed E-state index contributed by atoms with van der Waals surface area (Å²) >= 11 is 6.48. The van der Waals surface area contributed by atoms with E-state index in [1.165, 1.54) is 36.8 Å². The molecule has 0 N–H and O–H groups in total. The topological polar surface area (TPSA) is 82.0 Å². The zero-order valence-corrected chi connectivity index (χ0v) is 12.7. The van der Waals surface area contributed by atoms with Gasteiger partial charge in [-0.05, 0) is 44.4 Å². The molecule has 7 nitrogen and oxygen atoms in total. The zero-order valence-electron chi connectivity index (χ0n) is 12.0. The van der Waals surface area contributed by atoms with Crippen molar-refractivity contribution in [3.05, 3.63) is 22.1 Å². The number of rotatable bonds is 1. The van der Waals surface area contributed by atoms with Crippen molar-refractivity contribution in [1.29, 1.82) is 0 Å². The van der Waals surface area contributed by atoms with Crippen LogP contribution in [0.5, 0.6) is 0 Å². The van der Waals surface area contributed by atoms with Crippen LogP contribution in [-0.4, -0.2) is 30.0 Å². The van der Waals surface area contributed by atoms with Crippen molar-refractivity contribution >= 4 is 17.2 Å². The van der Waals surface area contributed by atoms with Crippen LogP contribution in [-0.2, 0) is 0 Å². The average molecular weight is 317 g/mol. The Bertz CT molecular complexity index is 892. The van der Waals surface area contributed by atoms with Gasteiger partial charge in [-0.15, -0.1) is 10.2 Å². The largest absolute Gasteiger partial charge is 0.330 e. The SMILES string of the molecule is Cc1noc(-c2nnc3c4c(c(Cl)nn23)C2CCC4CC2)n1. The number of fused-ring (bicyclic) bond motifs is 3.